The first kappa shape index (κ1) is 8.27. The van der Waals surface area contributed by atoms with Crippen molar-refractivity contribution in [3.8, 4) is 0 Å². The summed E-state index contributed by atoms with van der Waals surface area (Å²) in [4.78, 5) is 0. The Kier molecular flexibility index (Phi) is 2.20. The highest BCUT2D eigenvalue weighted by molar-refractivity contribution is 5.17. The molecule has 2 heteroatoms. The van der Waals surface area contributed by atoms with Gasteiger partial charge in [0.05, 0.1) is 0 Å². The van der Waals surface area contributed by atoms with E-state index >= 15 is 0 Å². The lowest BCUT2D eigenvalue weighted by molar-refractivity contribution is 0.327. The van der Waals surface area contributed by atoms with Crippen molar-refractivity contribution >= 4 is 0 Å². The molecule has 0 bridgehead atoms. The zero-order valence-electron chi connectivity index (χ0n) is 7.93. The Labute approximate surface area is 74.4 Å². The van der Waals surface area contributed by atoms with Gasteiger partial charge in [-0.1, -0.05) is 11.6 Å². The van der Waals surface area contributed by atoms with Crippen LogP contribution in [0.15, 0.2) is 11.6 Å². The van der Waals surface area contributed by atoms with Gasteiger partial charge >= 0.3 is 0 Å². The van der Waals surface area contributed by atoms with Crippen molar-refractivity contribution in [3.63, 3.8) is 0 Å². The van der Waals surface area contributed by atoms with Crippen LogP contribution in [0.1, 0.15) is 13.3 Å². The van der Waals surface area contributed by atoms with E-state index in [0.717, 1.165) is 11.8 Å². The number of likely N-dealkylation sites (N-methyl/N-ethyl adjacent to an activating group) is 1. The van der Waals surface area contributed by atoms with Crippen LogP contribution in [0.4, 0.5) is 0 Å². The molecule has 0 amide bonds. The normalized spacial score (nSPS) is 40.8. The summed E-state index contributed by atoms with van der Waals surface area (Å²) >= 11 is 0. The Morgan fingerprint density at radius 3 is 3.08 bits per heavy atom. The molecule has 1 fully saturated rings. The lowest BCUT2D eigenvalue weighted by Crippen LogP contribution is -2.40. The number of fused-ring (bicyclic) bond motifs is 1. The van der Waals surface area contributed by atoms with Crippen LogP contribution in [0.3, 0.4) is 0 Å². The maximum atomic E-state index is 3.48. The summed E-state index contributed by atoms with van der Waals surface area (Å²) in [6, 6.07) is 0.624. The van der Waals surface area contributed by atoms with Gasteiger partial charge in [0.2, 0.25) is 0 Å². The van der Waals surface area contributed by atoms with Gasteiger partial charge in [0.15, 0.2) is 0 Å². The molecule has 0 radical (unpaired) electrons. The molecule has 2 N–H and O–H groups in total. The maximum Gasteiger partial charge on any atom is 0.0317 e. The van der Waals surface area contributed by atoms with E-state index in [9.17, 15) is 0 Å². The number of hydrogen-bond donors (Lipinski definition) is 2. The van der Waals surface area contributed by atoms with Crippen molar-refractivity contribution in [2.24, 2.45) is 11.8 Å². The second kappa shape index (κ2) is 3.19. The lowest BCUT2D eigenvalue weighted by Gasteiger charge is -2.32. The van der Waals surface area contributed by atoms with E-state index in [0.29, 0.717) is 6.04 Å². The molecule has 1 aliphatic carbocycles. The van der Waals surface area contributed by atoms with Gasteiger partial charge in [-0.2, -0.15) is 0 Å². The molecule has 0 aromatic rings. The molecule has 2 aliphatic rings. The molecule has 68 valence electrons. The quantitative estimate of drug-likeness (QED) is 0.562. The monoisotopic (exact) mass is 166 g/mol. The van der Waals surface area contributed by atoms with Crippen LogP contribution in [-0.4, -0.2) is 26.2 Å². The van der Waals surface area contributed by atoms with Gasteiger partial charge in [0.1, 0.15) is 0 Å². The predicted molar refractivity (Wildman–Crippen MR) is 51.1 cm³/mol. The Morgan fingerprint density at radius 2 is 2.33 bits per heavy atom. The van der Waals surface area contributed by atoms with Gasteiger partial charge in [-0.15, -0.1) is 0 Å². The smallest absolute Gasteiger partial charge is 0.0317 e. The standard InChI is InChI=1S/C10H18N2/c1-7-3-4-8-5-12-6-9(8)10(7)11-2/h3,8-12H,4-6H2,1-2H3. The topological polar surface area (TPSA) is 24.1 Å². The highest BCUT2D eigenvalue weighted by Crippen LogP contribution is 2.31. The van der Waals surface area contributed by atoms with E-state index in [4.69, 9.17) is 0 Å². The molecule has 0 spiro atoms. The summed E-state index contributed by atoms with van der Waals surface area (Å²) in [6.07, 6.45) is 3.68. The van der Waals surface area contributed by atoms with Gasteiger partial charge in [-0.3, -0.25) is 0 Å². The van der Waals surface area contributed by atoms with Crippen molar-refractivity contribution in [2.45, 2.75) is 19.4 Å². The lowest BCUT2D eigenvalue weighted by atomic mass is 9.78. The van der Waals surface area contributed by atoms with Crippen molar-refractivity contribution in [2.75, 3.05) is 20.1 Å². The molecule has 1 heterocycles. The SMILES string of the molecule is CNC1C(C)=CCC2CNCC21. The van der Waals surface area contributed by atoms with Crippen molar-refractivity contribution in [3.05, 3.63) is 11.6 Å². The average Bonchev–Trinajstić information content (AvgIpc) is 2.52. The predicted octanol–water partition coefficient (Wildman–Crippen LogP) is 0.760. The van der Waals surface area contributed by atoms with Crippen LogP contribution in [0.5, 0.6) is 0 Å². The molecule has 0 aromatic heterocycles. The fourth-order valence-electron chi connectivity index (χ4n) is 2.65. The second-order valence-corrected chi connectivity index (χ2v) is 4.03. The highest BCUT2D eigenvalue weighted by atomic mass is 15.0. The Bertz CT molecular complexity index is 198. The van der Waals surface area contributed by atoms with E-state index in [1.54, 1.807) is 0 Å². The summed E-state index contributed by atoms with van der Waals surface area (Å²) in [7, 11) is 2.07. The van der Waals surface area contributed by atoms with Crippen molar-refractivity contribution < 1.29 is 0 Å². The second-order valence-electron chi connectivity index (χ2n) is 4.03. The van der Waals surface area contributed by atoms with E-state index < -0.39 is 0 Å². The van der Waals surface area contributed by atoms with E-state index in [1.165, 1.54) is 25.1 Å². The summed E-state index contributed by atoms with van der Waals surface area (Å²) in [6.45, 7) is 4.66. The number of nitrogens with one attached hydrogen (secondary N) is 2. The van der Waals surface area contributed by atoms with E-state index in [-0.39, 0.29) is 0 Å². The summed E-state index contributed by atoms with van der Waals surface area (Å²) in [5, 5.41) is 6.89. The summed E-state index contributed by atoms with van der Waals surface area (Å²) < 4.78 is 0. The third-order valence-electron chi connectivity index (χ3n) is 3.36. The van der Waals surface area contributed by atoms with Crippen LogP contribution in [-0.2, 0) is 0 Å². The number of hydrogen-bond acceptors (Lipinski definition) is 2. The van der Waals surface area contributed by atoms with Crippen molar-refractivity contribution in [1.29, 1.82) is 0 Å². The Morgan fingerprint density at radius 1 is 1.50 bits per heavy atom. The molecule has 2 rings (SSSR count). The van der Waals surface area contributed by atoms with Gasteiger partial charge < -0.3 is 10.6 Å². The number of rotatable bonds is 1. The Balaban J connectivity index is 2.16. The third-order valence-corrected chi connectivity index (χ3v) is 3.36. The molecular formula is C10H18N2. The molecule has 0 saturated carbocycles. The van der Waals surface area contributed by atoms with Crippen molar-refractivity contribution in [1.82, 2.24) is 10.6 Å². The van der Waals surface area contributed by atoms with Crippen LogP contribution in [0.2, 0.25) is 0 Å². The first-order valence-corrected chi connectivity index (χ1v) is 4.87. The zero-order valence-corrected chi connectivity index (χ0v) is 7.93. The summed E-state index contributed by atoms with van der Waals surface area (Å²) in [5.74, 6) is 1.71. The maximum absolute atomic E-state index is 3.48. The van der Waals surface area contributed by atoms with Gasteiger partial charge in [-0.05, 0) is 38.8 Å². The van der Waals surface area contributed by atoms with Crippen LogP contribution >= 0.6 is 0 Å². The highest BCUT2D eigenvalue weighted by Gasteiger charge is 2.35. The van der Waals surface area contributed by atoms with Crippen LogP contribution in [0, 0.1) is 11.8 Å². The largest absolute Gasteiger partial charge is 0.316 e. The minimum Gasteiger partial charge on any atom is -0.316 e. The average molecular weight is 166 g/mol. The Hall–Kier alpha value is -0.340. The first-order valence-electron chi connectivity index (χ1n) is 4.87. The molecule has 2 nitrogen and oxygen atoms in total. The van der Waals surface area contributed by atoms with Crippen LogP contribution < -0.4 is 10.6 Å². The first-order chi connectivity index (χ1) is 5.83. The molecule has 1 saturated heterocycles. The van der Waals surface area contributed by atoms with Crippen LogP contribution in [0.25, 0.3) is 0 Å². The van der Waals surface area contributed by atoms with E-state index in [2.05, 4.69) is 30.7 Å². The minimum atomic E-state index is 0.624. The minimum absolute atomic E-state index is 0.624. The third kappa shape index (κ3) is 1.19. The molecular weight excluding hydrogens is 148 g/mol. The summed E-state index contributed by atoms with van der Waals surface area (Å²) in [5.41, 5.74) is 1.53. The van der Waals surface area contributed by atoms with E-state index in [1.807, 2.05) is 0 Å². The molecule has 3 unspecified atom stereocenters. The fraction of sp³-hybridized carbons (Fsp3) is 0.800. The molecule has 12 heavy (non-hydrogen) atoms. The molecule has 1 aliphatic heterocycles. The molecule has 0 aromatic carbocycles. The molecule has 3 atom stereocenters. The van der Waals surface area contributed by atoms with Gasteiger partial charge in [0.25, 0.3) is 0 Å². The van der Waals surface area contributed by atoms with Gasteiger partial charge in [-0.25, -0.2) is 0 Å². The number of allylic oxidation sites excluding steroid dienone is 1. The zero-order chi connectivity index (χ0) is 8.55. The fourth-order valence-corrected chi connectivity index (χ4v) is 2.65. The van der Waals surface area contributed by atoms with Gasteiger partial charge in [0, 0.05) is 12.6 Å².